The van der Waals surface area contributed by atoms with Crippen molar-refractivity contribution < 1.29 is 14.3 Å². The Balaban J connectivity index is 1.94. The summed E-state index contributed by atoms with van der Waals surface area (Å²) in [6.07, 6.45) is 0.663. The molecule has 0 aliphatic carbocycles. The van der Waals surface area contributed by atoms with Gasteiger partial charge in [0.05, 0.1) is 18.4 Å². The Kier molecular flexibility index (Phi) is 5.58. The number of esters is 1. The highest BCUT2D eigenvalue weighted by Crippen LogP contribution is 2.16. The van der Waals surface area contributed by atoms with Crippen molar-refractivity contribution in [3.63, 3.8) is 0 Å². The van der Waals surface area contributed by atoms with E-state index in [4.69, 9.17) is 5.84 Å². The van der Waals surface area contributed by atoms with Gasteiger partial charge in [0.25, 0.3) is 0 Å². The molecule has 0 saturated heterocycles. The second kappa shape index (κ2) is 7.63. The number of benzene rings is 1. The zero-order valence-corrected chi connectivity index (χ0v) is 13.6. The Labute approximate surface area is 137 Å². The van der Waals surface area contributed by atoms with E-state index in [0.717, 1.165) is 0 Å². The standard InChI is InChI=1S/C14H17N5O3S/c1-3-11-17-18-14(19(11)15)23-8-12(20)16-10-6-4-5-9(7-10)13(21)22-2/h4-7H,3,8,15H2,1-2H3,(H,16,20). The molecule has 0 aliphatic rings. The molecule has 1 aromatic heterocycles. The highest BCUT2D eigenvalue weighted by atomic mass is 32.2. The van der Waals surface area contributed by atoms with E-state index in [-0.39, 0.29) is 11.7 Å². The molecule has 2 aromatic rings. The fraction of sp³-hybridized carbons (Fsp3) is 0.286. The Hall–Kier alpha value is -2.55. The van der Waals surface area contributed by atoms with Crippen LogP contribution in [0, 0.1) is 0 Å². The molecule has 8 nitrogen and oxygen atoms in total. The van der Waals surface area contributed by atoms with Gasteiger partial charge in [-0.1, -0.05) is 24.8 Å². The lowest BCUT2D eigenvalue weighted by atomic mass is 10.2. The van der Waals surface area contributed by atoms with Gasteiger partial charge in [-0.25, -0.2) is 9.47 Å². The van der Waals surface area contributed by atoms with Crippen molar-refractivity contribution in [3.05, 3.63) is 35.7 Å². The van der Waals surface area contributed by atoms with Crippen LogP contribution >= 0.6 is 11.8 Å². The number of nitrogens with one attached hydrogen (secondary N) is 1. The Morgan fingerprint density at radius 3 is 2.83 bits per heavy atom. The van der Waals surface area contributed by atoms with Crippen molar-refractivity contribution >= 4 is 29.3 Å². The fourth-order valence-corrected chi connectivity index (χ4v) is 2.49. The monoisotopic (exact) mass is 335 g/mol. The average Bonchev–Trinajstić information content (AvgIpc) is 2.92. The Bertz CT molecular complexity index is 716. The van der Waals surface area contributed by atoms with Crippen molar-refractivity contribution in [2.75, 3.05) is 24.0 Å². The molecule has 0 aliphatic heterocycles. The SMILES string of the molecule is CCc1nnc(SCC(=O)Nc2cccc(C(=O)OC)c2)n1N. The molecular weight excluding hydrogens is 318 g/mol. The van der Waals surface area contributed by atoms with Crippen molar-refractivity contribution in [2.45, 2.75) is 18.5 Å². The molecule has 1 heterocycles. The third-order valence-electron chi connectivity index (χ3n) is 2.95. The third kappa shape index (κ3) is 4.22. The van der Waals surface area contributed by atoms with Gasteiger partial charge in [0, 0.05) is 12.1 Å². The summed E-state index contributed by atoms with van der Waals surface area (Å²) in [5.74, 6) is 5.89. The van der Waals surface area contributed by atoms with Crippen LogP contribution in [0.1, 0.15) is 23.1 Å². The molecule has 0 unspecified atom stereocenters. The third-order valence-corrected chi connectivity index (χ3v) is 3.89. The highest BCUT2D eigenvalue weighted by molar-refractivity contribution is 7.99. The average molecular weight is 335 g/mol. The first-order valence-electron chi connectivity index (χ1n) is 6.85. The maximum absolute atomic E-state index is 12.0. The van der Waals surface area contributed by atoms with Crippen LogP contribution in [-0.4, -0.2) is 39.6 Å². The summed E-state index contributed by atoms with van der Waals surface area (Å²) in [6.45, 7) is 1.92. The van der Waals surface area contributed by atoms with Crippen LogP contribution in [0.15, 0.2) is 29.4 Å². The number of rotatable bonds is 6. The van der Waals surface area contributed by atoms with Crippen LogP contribution in [0.5, 0.6) is 0 Å². The van der Waals surface area contributed by atoms with Gasteiger partial charge in [-0.2, -0.15) is 0 Å². The van der Waals surface area contributed by atoms with Crippen LogP contribution in [0.3, 0.4) is 0 Å². The van der Waals surface area contributed by atoms with Gasteiger partial charge < -0.3 is 15.9 Å². The van der Waals surface area contributed by atoms with E-state index in [1.807, 2.05) is 6.92 Å². The molecule has 0 bridgehead atoms. The van der Waals surface area contributed by atoms with Gasteiger partial charge in [0.1, 0.15) is 0 Å². The highest BCUT2D eigenvalue weighted by Gasteiger charge is 2.12. The van der Waals surface area contributed by atoms with E-state index >= 15 is 0 Å². The number of aryl methyl sites for hydroxylation is 1. The first kappa shape index (κ1) is 16.8. The van der Waals surface area contributed by atoms with Crippen LogP contribution in [0.2, 0.25) is 0 Å². The van der Waals surface area contributed by atoms with Crippen molar-refractivity contribution in [2.24, 2.45) is 0 Å². The lowest BCUT2D eigenvalue weighted by Gasteiger charge is -2.06. The van der Waals surface area contributed by atoms with Gasteiger partial charge in [0.15, 0.2) is 5.82 Å². The number of carbonyl (C=O) groups excluding carboxylic acids is 2. The number of thioether (sulfide) groups is 1. The van der Waals surface area contributed by atoms with E-state index < -0.39 is 5.97 Å². The van der Waals surface area contributed by atoms with E-state index in [1.54, 1.807) is 24.3 Å². The van der Waals surface area contributed by atoms with Gasteiger partial charge in [-0.15, -0.1) is 10.2 Å². The first-order valence-corrected chi connectivity index (χ1v) is 7.84. The van der Waals surface area contributed by atoms with Crippen LogP contribution in [-0.2, 0) is 16.0 Å². The van der Waals surface area contributed by atoms with E-state index in [0.29, 0.717) is 28.7 Å². The lowest BCUT2D eigenvalue weighted by Crippen LogP contribution is -2.17. The largest absolute Gasteiger partial charge is 0.465 e. The quantitative estimate of drug-likeness (QED) is 0.461. The predicted octanol–water partition coefficient (Wildman–Crippen LogP) is 1.07. The number of nitrogens with two attached hydrogens (primary N) is 1. The molecular formula is C14H17N5O3S. The molecule has 0 fully saturated rings. The lowest BCUT2D eigenvalue weighted by molar-refractivity contribution is -0.113. The number of aromatic nitrogens is 3. The minimum absolute atomic E-state index is 0.126. The van der Waals surface area contributed by atoms with Gasteiger partial charge in [-0.3, -0.25) is 4.79 Å². The summed E-state index contributed by atoms with van der Waals surface area (Å²) in [6, 6.07) is 6.52. The molecule has 23 heavy (non-hydrogen) atoms. The maximum atomic E-state index is 12.0. The molecule has 122 valence electrons. The molecule has 0 atom stereocenters. The number of ether oxygens (including phenoxy) is 1. The van der Waals surface area contributed by atoms with Crippen molar-refractivity contribution in [3.8, 4) is 0 Å². The molecule has 1 aromatic carbocycles. The van der Waals surface area contributed by atoms with Crippen molar-refractivity contribution in [1.29, 1.82) is 0 Å². The minimum Gasteiger partial charge on any atom is -0.465 e. The summed E-state index contributed by atoms with van der Waals surface area (Å²) < 4.78 is 6.01. The summed E-state index contributed by atoms with van der Waals surface area (Å²) in [5.41, 5.74) is 0.884. The van der Waals surface area contributed by atoms with E-state index in [2.05, 4.69) is 20.3 Å². The minimum atomic E-state index is -0.459. The number of nitrogens with zero attached hydrogens (tertiary/aromatic N) is 3. The zero-order chi connectivity index (χ0) is 16.8. The normalized spacial score (nSPS) is 10.3. The molecule has 0 spiro atoms. The topological polar surface area (TPSA) is 112 Å². The second-order valence-electron chi connectivity index (χ2n) is 4.53. The number of hydrogen-bond donors (Lipinski definition) is 2. The maximum Gasteiger partial charge on any atom is 0.337 e. The van der Waals surface area contributed by atoms with E-state index in [1.165, 1.54) is 23.5 Å². The number of carbonyl (C=O) groups is 2. The molecule has 9 heteroatoms. The van der Waals surface area contributed by atoms with Crippen LogP contribution in [0.25, 0.3) is 0 Å². The summed E-state index contributed by atoms with van der Waals surface area (Å²) in [5, 5.41) is 11.0. The van der Waals surface area contributed by atoms with Gasteiger partial charge >= 0.3 is 5.97 Å². The number of anilines is 1. The van der Waals surface area contributed by atoms with E-state index in [9.17, 15) is 9.59 Å². The summed E-state index contributed by atoms with van der Waals surface area (Å²) in [7, 11) is 1.30. The van der Waals surface area contributed by atoms with Gasteiger partial charge in [-0.05, 0) is 18.2 Å². The summed E-state index contributed by atoms with van der Waals surface area (Å²) >= 11 is 1.19. The smallest absolute Gasteiger partial charge is 0.337 e. The molecule has 0 radical (unpaired) electrons. The van der Waals surface area contributed by atoms with Gasteiger partial charge in [0.2, 0.25) is 11.1 Å². The zero-order valence-electron chi connectivity index (χ0n) is 12.8. The molecule has 0 saturated carbocycles. The first-order chi connectivity index (χ1) is 11.0. The predicted molar refractivity (Wildman–Crippen MR) is 86.7 cm³/mol. The van der Waals surface area contributed by atoms with Crippen molar-refractivity contribution in [1.82, 2.24) is 14.9 Å². The number of methoxy groups -OCH3 is 1. The fourth-order valence-electron chi connectivity index (χ4n) is 1.82. The molecule has 3 N–H and O–H groups in total. The van der Waals surface area contributed by atoms with Crippen LogP contribution in [0.4, 0.5) is 5.69 Å². The molecule has 2 rings (SSSR count). The Morgan fingerprint density at radius 2 is 2.17 bits per heavy atom. The number of amides is 1. The number of nitrogen functional groups attached to an aromatic ring is 1. The summed E-state index contributed by atoms with van der Waals surface area (Å²) in [4.78, 5) is 23.4. The Morgan fingerprint density at radius 1 is 1.39 bits per heavy atom. The molecule has 1 amide bonds. The van der Waals surface area contributed by atoms with Crippen LogP contribution < -0.4 is 11.2 Å². The number of hydrogen-bond acceptors (Lipinski definition) is 7. The second-order valence-corrected chi connectivity index (χ2v) is 5.47.